The molecule has 1 amide bonds. The first-order valence-electron chi connectivity index (χ1n) is 21.3. The van der Waals surface area contributed by atoms with Crippen LogP contribution in [0.2, 0.25) is 0 Å². The number of rotatable bonds is 8. The van der Waals surface area contributed by atoms with Gasteiger partial charge in [-0.3, -0.25) is 23.4 Å². The lowest BCUT2D eigenvalue weighted by atomic mass is 9.91. The monoisotopic (exact) mass is 874 g/mol. The van der Waals surface area contributed by atoms with Gasteiger partial charge in [-0.15, -0.1) is 0 Å². The normalized spacial score (nSPS) is 20.4. The molecule has 15 nitrogen and oxygen atoms in total. The lowest BCUT2D eigenvalue weighted by Gasteiger charge is -2.34. The van der Waals surface area contributed by atoms with E-state index in [9.17, 15) is 19.3 Å². The molecule has 0 radical (unpaired) electrons. The summed E-state index contributed by atoms with van der Waals surface area (Å²) in [6, 6.07) is 15.8. The first kappa shape index (κ1) is 40.8. The Morgan fingerprint density at radius 3 is 2.38 bits per heavy atom. The van der Waals surface area contributed by atoms with Gasteiger partial charge >= 0.3 is 11.4 Å². The van der Waals surface area contributed by atoms with Crippen molar-refractivity contribution in [3.05, 3.63) is 133 Å². The zero-order valence-electron chi connectivity index (χ0n) is 35.9. The second kappa shape index (κ2) is 14.7. The van der Waals surface area contributed by atoms with Gasteiger partial charge < -0.3 is 23.9 Å². The molecular weight excluding hydrogens is 827 g/mol. The average Bonchev–Trinajstić information content (AvgIpc) is 3.75. The van der Waals surface area contributed by atoms with Crippen LogP contribution in [0.15, 0.2) is 81.1 Å². The van der Waals surface area contributed by atoms with Gasteiger partial charge in [-0.2, -0.15) is 5.10 Å². The van der Waals surface area contributed by atoms with Gasteiger partial charge in [-0.1, -0.05) is 24.2 Å². The van der Waals surface area contributed by atoms with Gasteiger partial charge in [0, 0.05) is 55.0 Å². The Hall–Kier alpha value is -6.25. The van der Waals surface area contributed by atoms with Gasteiger partial charge in [-0.25, -0.2) is 18.7 Å². The molecule has 0 spiro atoms. The van der Waals surface area contributed by atoms with Gasteiger partial charge in [0.25, 0.3) is 5.91 Å². The van der Waals surface area contributed by atoms with Crippen molar-refractivity contribution in [2.45, 2.75) is 70.9 Å². The van der Waals surface area contributed by atoms with Crippen LogP contribution in [0.1, 0.15) is 89.3 Å². The van der Waals surface area contributed by atoms with Gasteiger partial charge in [-0.05, 0) is 124 Å². The molecule has 326 valence electrons. The van der Waals surface area contributed by atoms with E-state index >= 15 is 9.18 Å². The number of nitrogens with one attached hydrogen (secondary N) is 1. The number of hydrogen-bond donors (Lipinski definition) is 2. The minimum atomic E-state index is -2.92. The Labute approximate surface area is 361 Å². The second-order valence-corrected chi connectivity index (χ2v) is 21.0. The van der Waals surface area contributed by atoms with E-state index in [1.807, 2.05) is 17.6 Å². The Kier molecular flexibility index (Phi) is 9.50. The number of carbonyl (C=O) groups is 1. The average molecular weight is 875 g/mol. The number of phenols is 1. The fourth-order valence-electron chi connectivity index (χ4n) is 10.1. The summed E-state index contributed by atoms with van der Waals surface area (Å²) in [5.41, 5.74) is 3.78. The van der Waals surface area contributed by atoms with E-state index < -0.39 is 30.2 Å². The third kappa shape index (κ3) is 6.39. The molecule has 2 aliphatic heterocycles. The maximum Gasteiger partial charge on any atom is 0.438 e. The standard InChI is InChI=1S/C46H48FN8O7P/c1-25-20-32(21-26(2)39(25)47)55-41(53-17-16-52(45(53)59)35-8-7-9-37(40(35)56)63(5,6)60)38-28(4)51(15-12-33(38)49-55)42(57)36-23-31-22-30(29-13-18-61-19-14-29)10-11-34(31)54(36)46(24-27(46)3)43-48-44(58)62-50-43/h7-11,16-17,20-23,27-29,56H,12-15,18-19,24H2,1-6H3,(H,48,50,58)/t27-,28-,46-/m0/s1. The van der Waals surface area contributed by atoms with Crippen molar-refractivity contribution in [3.63, 3.8) is 0 Å². The van der Waals surface area contributed by atoms with E-state index in [1.165, 1.54) is 20.9 Å². The minimum Gasteiger partial charge on any atom is -0.505 e. The minimum absolute atomic E-state index is 0.00559. The Morgan fingerprint density at radius 1 is 1.00 bits per heavy atom. The highest BCUT2D eigenvalue weighted by Gasteiger charge is 2.59. The van der Waals surface area contributed by atoms with Gasteiger partial charge in [0.1, 0.15) is 35.8 Å². The fourth-order valence-corrected chi connectivity index (χ4v) is 11.2. The highest BCUT2D eigenvalue weighted by Crippen LogP contribution is 2.56. The van der Waals surface area contributed by atoms with Crippen LogP contribution in [-0.2, 0) is 21.3 Å². The van der Waals surface area contributed by atoms with E-state index in [0.29, 0.717) is 83.9 Å². The highest BCUT2D eigenvalue weighted by molar-refractivity contribution is 7.70. The maximum absolute atomic E-state index is 15.5. The summed E-state index contributed by atoms with van der Waals surface area (Å²) >= 11 is 0. The van der Waals surface area contributed by atoms with Gasteiger partial charge in [0.2, 0.25) is 0 Å². The maximum atomic E-state index is 15.5. The third-order valence-electron chi connectivity index (χ3n) is 13.5. The van der Waals surface area contributed by atoms with Crippen molar-refractivity contribution in [1.29, 1.82) is 0 Å². The number of aromatic amines is 1. The van der Waals surface area contributed by atoms with Crippen LogP contribution in [0.4, 0.5) is 4.39 Å². The Bertz CT molecular complexity index is 3160. The molecule has 4 aromatic heterocycles. The molecule has 3 aromatic carbocycles. The van der Waals surface area contributed by atoms with E-state index in [0.717, 1.165) is 23.7 Å². The molecule has 3 atom stereocenters. The number of hydrogen-bond acceptors (Lipinski definition) is 9. The first-order chi connectivity index (χ1) is 30.1. The number of aryl methyl sites for hydroxylation is 2. The number of halogens is 1. The highest BCUT2D eigenvalue weighted by atomic mass is 31.2. The zero-order valence-corrected chi connectivity index (χ0v) is 36.8. The van der Waals surface area contributed by atoms with Crippen molar-refractivity contribution in [2.24, 2.45) is 5.92 Å². The van der Waals surface area contributed by atoms with Crippen LogP contribution < -0.4 is 16.8 Å². The molecule has 0 unspecified atom stereocenters. The van der Waals surface area contributed by atoms with E-state index in [2.05, 4.69) is 35.3 Å². The molecule has 0 bridgehead atoms. The quantitative estimate of drug-likeness (QED) is 0.160. The summed E-state index contributed by atoms with van der Waals surface area (Å²) in [4.78, 5) is 47.1. The second-order valence-electron chi connectivity index (χ2n) is 17.8. The van der Waals surface area contributed by atoms with Crippen molar-refractivity contribution < 1.29 is 28.1 Å². The number of aromatic nitrogens is 7. The SMILES string of the molecule is Cc1cc(-n2nc3c(c2-n2ccn(-c4cccc(P(C)(C)=O)c4O)c2=O)[C@H](C)N(C(=O)c2cc4cc(C5CCOCC5)ccc4n2[C@@]2(c4noc(=O)[nH]4)C[C@@H]2C)CC3)cc(C)c1F. The molecule has 3 aliphatic rings. The van der Waals surface area contributed by atoms with Crippen LogP contribution in [0.3, 0.4) is 0 Å². The van der Waals surface area contributed by atoms with Gasteiger partial charge in [0.05, 0.1) is 28.4 Å². The Morgan fingerprint density at radius 2 is 1.71 bits per heavy atom. The number of amides is 1. The summed E-state index contributed by atoms with van der Waals surface area (Å²) in [7, 11) is -2.92. The molecule has 2 N–H and O–H groups in total. The van der Waals surface area contributed by atoms with Crippen molar-refractivity contribution in [1.82, 2.24) is 38.5 Å². The molecule has 6 heterocycles. The third-order valence-corrected chi connectivity index (χ3v) is 15.0. The van der Waals surface area contributed by atoms with Crippen molar-refractivity contribution in [2.75, 3.05) is 33.1 Å². The zero-order chi connectivity index (χ0) is 44.3. The van der Waals surface area contributed by atoms with Gasteiger partial charge in [0.15, 0.2) is 5.82 Å². The van der Waals surface area contributed by atoms with Crippen LogP contribution in [-0.4, -0.2) is 82.6 Å². The van der Waals surface area contributed by atoms with E-state index in [4.69, 9.17) is 14.4 Å². The van der Waals surface area contributed by atoms with Crippen LogP contribution in [0.5, 0.6) is 5.75 Å². The van der Waals surface area contributed by atoms with E-state index in [-0.39, 0.29) is 34.4 Å². The van der Waals surface area contributed by atoms with Crippen LogP contribution in [0.25, 0.3) is 28.1 Å². The molecular formula is C46H48FN8O7P. The molecule has 63 heavy (non-hydrogen) atoms. The number of para-hydroxylation sites is 1. The fraction of sp³-hybridized carbons (Fsp3) is 0.370. The lowest BCUT2D eigenvalue weighted by molar-refractivity contribution is 0.0663. The van der Waals surface area contributed by atoms with Crippen molar-refractivity contribution in [3.8, 4) is 22.9 Å². The summed E-state index contributed by atoms with van der Waals surface area (Å²) in [5, 5.41) is 21.7. The molecule has 10 rings (SSSR count). The number of aromatic hydroxyl groups is 1. The summed E-state index contributed by atoms with van der Waals surface area (Å²) in [5.74, 6) is -0.516. The molecule has 1 saturated heterocycles. The molecule has 1 saturated carbocycles. The number of fused-ring (bicyclic) bond motifs is 2. The smallest absolute Gasteiger partial charge is 0.438 e. The first-order valence-corrected chi connectivity index (χ1v) is 23.9. The van der Waals surface area contributed by atoms with Crippen LogP contribution in [0, 0.1) is 25.6 Å². The predicted octanol–water partition coefficient (Wildman–Crippen LogP) is 6.59. The summed E-state index contributed by atoms with van der Waals surface area (Å²) < 4.78 is 45.2. The van der Waals surface area contributed by atoms with Crippen molar-refractivity contribution >= 4 is 29.3 Å². The largest absolute Gasteiger partial charge is 0.505 e. The topological polar surface area (TPSA) is 175 Å². The number of phenolic OH excluding ortho intramolecular Hbond substituents is 1. The molecule has 1 aliphatic carbocycles. The number of carbonyl (C=O) groups excluding carboxylic acids is 1. The van der Waals surface area contributed by atoms with Crippen LogP contribution >= 0.6 is 7.14 Å². The van der Waals surface area contributed by atoms with E-state index in [1.54, 1.807) is 73.3 Å². The predicted molar refractivity (Wildman–Crippen MR) is 235 cm³/mol. The Balaban J connectivity index is 1.13. The summed E-state index contributed by atoms with van der Waals surface area (Å²) in [6.07, 6.45) is 5.86. The molecule has 2 fully saturated rings. The number of benzene rings is 3. The molecule has 7 aromatic rings. The lowest BCUT2D eigenvalue weighted by Crippen LogP contribution is -2.41. The summed E-state index contributed by atoms with van der Waals surface area (Å²) in [6.45, 7) is 12.1. The molecule has 17 heteroatoms. The number of ether oxygens (including phenoxy) is 1. The number of H-pyrrole nitrogens is 1. The number of nitrogens with zero attached hydrogens (tertiary/aromatic N) is 7. The number of imidazole rings is 1.